The molecule has 28 heavy (non-hydrogen) atoms. The number of imide groups is 1. The zero-order valence-electron chi connectivity index (χ0n) is 15.9. The Hall–Kier alpha value is -2.70. The number of para-hydroxylation sites is 1. The number of nitrogens with zero attached hydrogens (tertiary/aromatic N) is 2. The Balaban J connectivity index is 1.37. The van der Waals surface area contributed by atoms with Crippen LogP contribution in [0.1, 0.15) is 38.2 Å². The Morgan fingerprint density at radius 1 is 1.11 bits per heavy atom. The summed E-state index contributed by atoms with van der Waals surface area (Å²) in [6, 6.07) is 6.62. The highest BCUT2D eigenvalue weighted by atomic mass is 16.5. The molecule has 2 fully saturated rings. The molecule has 7 heteroatoms. The van der Waals surface area contributed by atoms with Crippen LogP contribution in [-0.4, -0.2) is 47.8 Å². The van der Waals surface area contributed by atoms with E-state index in [1.54, 1.807) is 4.90 Å². The number of carbonyl (C=O) groups excluding carboxylic acids is 4. The lowest BCUT2D eigenvalue weighted by Crippen LogP contribution is -2.45. The van der Waals surface area contributed by atoms with Crippen molar-refractivity contribution in [3.05, 3.63) is 29.8 Å². The van der Waals surface area contributed by atoms with Gasteiger partial charge in [0.1, 0.15) is 6.04 Å². The number of rotatable bonds is 4. The lowest BCUT2D eigenvalue weighted by Gasteiger charge is -2.22. The van der Waals surface area contributed by atoms with Crippen LogP contribution in [-0.2, 0) is 30.3 Å². The summed E-state index contributed by atoms with van der Waals surface area (Å²) in [5.41, 5.74) is 1.93. The monoisotopic (exact) mass is 384 g/mol. The third-order valence-corrected chi connectivity index (χ3v) is 6.13. The number of ether oxygens (including phenoxy) is 1. The van der Waals surface area contributed by atoms with Crippen LogP contribution < -0.4 is 4.90 Å². The minimum Gasteiger partial charge on any atom is -0.454 e. The SMILES string of the molecule is C[C@@H](C(=O)OCC(=O)N1CCc2ccccc21)N1C(=O)[C@H]2CCCC[C@H]2C1=O. The Labute approximate surface area is 163 Å². The van der Waals surface area contributed by atoms with E-state index in [4.69, 9.17) is 4.74 Å². The maximum atomic E-state index is 12.6. The van der Waals surface area contributed by atoms with E-state index in [-0.39, 0.29) is 29.6 Å². The second-order valence-corrected chi connectivity index (χ2v) is 7.75. The first kappa shape index (κ1) is 18.7. The van der Waals surface area contributed by atoms with E-state index >= 15 is 0 Å². The second-order valence-electron chi connectivity index (χ2n) is 7.75. The maximum Gasteiger partial charge on any atom is 0.329 e. The molecule has 148 valence electrons. The molecule has 2 aliphatic heterocycles. The van der Waals surface area contributed by atoms with Gasteiger partial charge in [0, 0.05) is 12.2 Å². The molecular formula is C21H24N2O5. The molecular weight excluding hydrogens is 360 g/mol. The van der Waals surface area contributed by atoms with Gasteiger partial charge < -0.3 is 9.64 Å². The topological polar surface area (TPSA) is 84.0 Å². The van der Waals surface area contributed by atoms with Gasteiger partial charge in [0.15, 0.2) is 6.61 Å². The van der Waals surface area contributed by atoms with Gasteiger partial charge in [-0.05, 0) is 37.8 Å². The molecule has 3 aliphatic rings. The summed E-state index contributed by atoms with van der Waals surface area (Å²) in [6.07, 6.45) is 4.02. The lowest BCUT2D eigenvalue weighted by molar-refractivity contribution is -0.159. The second kappa shape index (κ2) is 7.37. The molecule has 3 amide bonds. The molecule has 1 aromatic rings. The van der Waals surface area contributed by atoms with Crippen molar-refractivity contribution in [2.24, 2.45) is 11.8 Å². The Morgan fingerprint density at radius 3 is 2.43 bits per heavy atom. The highest BCUT2D eigenvalue weighted by Gasteiger charge is 2.51. The minimum absolute atomic E-state index is 0.279. The summed E-state index contributed by atoms with van der Waals surface area (Å²) in [5, 5.41) is 0. The van der Waals surface area contributed by atoms with Gasteiger partial charge in [0.2, 0.25) is 11.8 Å². The number of hydrogen-bond acceptors (Lipinski definition) is 5. The molecule has 1 saturated heterocycles. The van der Waals surface area contributed by atoms with E-state index in [9.17, 15) is 19.2 Å². The summed E-state index contributed by atoms with van der Waals surface area (Å²) in [5.74, 6) is -2.20. The quantitative estimate of drug-likeness (QED) is 0.583. The molecule has 0 unspecified atom stereocenters. The molecule has 7 nitrogen and oxygen atoms in total. The van der Waals surface area contributed by atoms with Crippen LogP contribution in [0.25, 0.3) is 0 Å². The van der Waals surface area contributed by atoms with Crippen molar-refractivity contribution in [1.29, 1.82) is 0 Å². The van der Waals surface area contributed by atoms with Gasteiger partial charge in [0.05, 0.1) is 11.8 Å². The molecule has 2 heterocycles. The van der Waals surface area contributed by atoms with E-state index in [1.807, 2.05) is 24.3 Å². The van der Waals surface area contributed by atoms with Crippen molar-refractivity contribution in [3.63, 3.8) is 0 Å². The largest absolute Gasteiger partial charge is 0.454 e. The third kappa shape index (κ3) is 3.08. The van der Waals surface area contributed by atoms with Gasteiger partial charge in [-0.25, -0.2) is 4.79 Å². The predicted octanol–water partition coefficient (Wildman–Crippen LogP) is 1.68. The van der Waals surface area contributed by atoms with Gasteiger partial charge in [-0.3, -0.25) is 19.3 Å². The fourth-order valence-electron chi connectivity index (χ4n) is 4.60. The molecule has 1 aromatic carbocycles. The third-order valence-electron chi connectivity index (χ3n) is 6.13. The summed E-state index contributed by atoms with van der Waals surface area (Å²) < 4.78 is 5.18. The summed E-state index contributed by atoms with van der Waals surface area (Å²) in [7, 11) is 0. The zero-order valence-corrected chi connectivity index (χ0v) is 15.9. The average molecular weight is 384 g/mol. The minimum atomic E-state index is -1.01. The van der Waals surface area contributed by atoms with Gasteiger partial charge in [-0.1, -0.05) is 31.0 Å². The molecule has 0 bridgehead atoms. The van der Waals surface area contributed by atoms with Gasteiger partial charge in [-0.2, -0.15) is 0 Å². The molecule has 4 rings (SSSR count). The summed E-state index contributed by atoms with van der Waals surface area (Å²) in [4.78, 5) is 52.8. The normalized spacial score (nSPS) is 24.8. The van der Waals surface area contributed by atoms with E-state index in [0.717, 1.165) is 35.4 Å². The van der Waals surface area contributed by atoms with E-state index in [2.05, 4.69) is 0 Å². The predicted molar refractivity (Wildman–Crippen MR) is 100 cm³/mol. The fraction of sp³-hybridized carbons (Fsp3) is 0.524. The van der Waals surface area contributed by atoms with Crippen LogP contribution in [0.3, 0.4) is 0 Å². The average Bonchev–Trinajstić information content (AvgIpc) is 3.25. The molecule has 3 atom stereocenters. The smallest absolute Gasteiger partial charge is 0.329 e. The summed E-state index contributed by atoms with van der Waals surface area (Å²) in [6.45, 7) is 1.64. The van der Waals surface area contributed by atoms with Gasteiger partial charge in [0.25, 0.3) is 5.91 Å². The van der Waals surface area contributed by atoms with Crippen LogP contribution in [0.15, 0.2) is 24.3 Å². The van der Waals surface area contributed by atoms with Crippen LogP contribution >= 0.6 is 0 Å². The standard InChI is InChI=1S/C21H24N2O5/c1-13(23-19(25)15-7-3-4-8-16(15)20(23)26)21(27)28-12-18(24)22-11-10-14-6-2-5-9-17(14)22/h2,5-6,9,13,15-16H,3-4,7-8,10-12H2,1H3/t13-,15-,16+/m0/s1. The number of esters is 1. The highest BCUT2D eigenvalue weighted by Crippen LogP contribution is 2.39. The van der Waals surface area contributed by atoms with Crippen molar-refractivity contribution in [3.8, 4) is 0 Å². The molecule has 0 radical (unpaired) electrons. The Bertz CT molecular complexity index is 812. The molecule has 0 spiro atoms. The van der Waals surface area contributed by atoms with E-state index in [1.165, 1.54) is 6.92 Å². The number of likely N-dealkylation sites (tertiary alicyclic amines) is 1. The molecule has 0 aromatic heterocycles. The molecule has 0 N–H and O–H groups in total. The first-order chi connectivity index (χ1) is 13.5. The Kier molecular flexibility index (Phi) is 4.91. The van der Waals surface area contributed by atoms with Crippen molar-refractivity contribution in [2.75, 3.05) is 18.1 Å². The number of fused-ring (bicyclic) bond motifs is 2. The fourth-order valence-corrected chi connectivity index (χ4v) is 4.60. The van der Waals surface area contributed by atoms with Crippen molar-refractivity contribution < 1.29 is 23.9 Å². The maximum absolute atomic E-state index is 12.6. The van der Waals surface area contributed by atoms with Crippen molar-refractivity contribution in [2.45, 2.75) is 45.1 Å². The first-order valence-electron chi connectivity index (χ1n) is 9.91. The molecule has 1 saturated carbocycles. The zero-order chi connectivity index (χ0) is 19.8. The Morgan fingerprint density at radius 2 is 1.75 bits per heavy atom. The van der Waals surface area contributed by atoms with Crippen LogP contribution in [0, 0.1) is 11.8 Å². The van der Waals surface area contributed by atoms with Gasteiger partial charge >= 0.3 is 5.97 Å². The van der Waals surface area contributed by atoms with E-state index < -0.39 is 18.6 Å². The van der Waals surface area contributed by atoms with Crippen LogP contribution in [0.4, 0.5) is 5.69 Å². The highest BCUT2D eigenvalue weighted by molar-refractivity contribution is 6.08. The number of hydrogen-bond donors (Lipinski definition) is 0. The first-order valence-corrected chi connectivity index (χ1v) is 9.91. The number of anilines is 1. The number of benzene rings is 1. The van der Waals surface area contributed by atoms with Gasteiger partial charge in [-0.15, -0.1) is 0 Å². The van der Waals surface area contributed by atoms with Crippen molar-refractivity contribution in [1.82, 2.24) is 4.90 Å². The van der Waals surface area contributed by atoms with E-state index in [0.29, 0.717) is 19.4 Å². The number of amides is 3. The summed E-state index contributed by atoms with van der Waals surface area (Å²) >= 11 is 0. The number of carbonyl (C=O) groups is 4. The molecule has 1 aliphatic carbocycles. The van der Waals surface area contributed by atoms with Crippen LogP contribution in [0.2, 0.25) is 0 Å². The van der Waals surface area contributed by atoms with Crippen molar-refractivity contribution >= 4 is 29.4 Å². The lowest BCUT2D eigenvalue weighted by atomic mass is 9.81. The van der Waals surface area contributed by atoms with Crippen LogP contribution in [0.5, 0.6) is 0 Å².